The first-order chi connectivity index (χ1) is 13.0. The minimum Gasteiger partial charge on any atom is -0.491 e. The van der Waals surface area contributed by atoms with Gasteiger partial charge in [0.1, 0.15) is 29.8 Å². The van der Waals surface area contributed by atoms with Crippen molar-refractivity contribution in [3.8, 4) is 16.9 Å². The molecular formula is C22H25NO4. The standard InChI is InChI=1S/C22H25NO4/c1-14(2)23-12-17(24)13-26-18-9-10-19-20(11-18)27-15(3)21(22(19)25)16-7-5-4-6-8-16/h4-11,14,17,23-24H,12-13H2,1-3H3. The first kappa shape index (κ1) is 19.1. The quantitative estimate of drug-likeness (QED) is 0.669. The summed E-state index contributed by atoms with van der Waals surface area (Å²) in [6, 6.07) is 14.9. The van der Waals surface area contributed by atoms with Gasteiger partial charge in [-0.2, -0.15) is 0 Å². The Kier molecular flexibility index (Phi) is 5.94. The van der Waals surface area contributed by atoms with Crippen LogP contribution in [0.5, 0.6) is 5.75 Å². The number of hydrogen-bond donors (Lipinski definition) is 2. The monoisotopic (exact) mass is 367 g/mol. The molecule has 5 nitrogen and oxygen atoms in total. The van der Waals surface area contributed by atoms with Crippen molar-refractivity contribution in [3.63, 3.8) is 0 Å². The molecule has 0 aliphatic carbocycles. The van der Waals surface area contributed by atoms with E-state index in [0.717, 1.165) is 5.56 Å². The van der Waals surface area contributed by atoms with E-state index in [2.05, 4.69) is 5.32 Å². The third kappa shape index (κ3) is 4.56. The molecule has 1 heterocycles. The summed E-state index contributed by atoms with van der Waals surface area (Å²) in [4.78, 5) is 12.9. The van der Waals surface area contributed by atoms with Crippen LogP contribution in [0.1, 0.15) is 19.6 Å². The molecule has 1 atom stereocenters. The molecule has 0 aliphatic heterocycles. The molecule has 3 aromatic rings. The van der Waals surface area contributed by atoms with Crippen LogP contribution < -0.4 is 15.5 Å². The molecule has 0 fully saturated rings. The van der Waals surface area contributed by atoms with Gasteiger partial charge in [0, 0.05) is 18.7 Å². The highest BCUT2D eigenvalue weighted by Gasteiger charge is 2.14. The predicted molar refractivity (Wildman–Crippen MR) is 107 cm³/mol. The van der Waals surface area contributed by atoms with Crippen molar-refractivity contribution in [1.29, 1.82) is 0 Å². The van der Waals surface area contributed by atoms with Gasteiger partial charge in [-0.25, -0.2) is 0 Å². The second-order valence-corrected chi connectivity index (χ2v) is 6.91. The molecule has 0 saturated carbocycles. The number of nitrogens with one attached hydrogen (secondary N) is 1. The number of ether oxygens (including phenoxy) is 1. The summed E-state index contributed by atoms with van der Waals surface area (Å²) < 4.78 is 11.6. The van der Waals surface area contributed by atoms with Crippen LogP contribution in [0.25, 0.3) is 22.1 Å². The zero-order chi connectivity index (χ0) is 19.4. The van der Waals surface area contributed by atoms with Crippen molar-refractivity contribution in [2.75, 3.05) is 13.2 Å². The average molecular weight is 367 g/mol. The lowest BCUT2D eigenvalue weighted by molar-refractivity contribution is 0.104. The van der Waals surface area contributed by atoms with Gasteiger partial charge in [-0.15, -0.1) is 0 Å². The van der Waals surface area contributed by atoms with Gasteiger partial charge < -0.3 is 19.6 Å². The largest absolute Gasteiger partial charge is 0.491 e. The van der Waals surface area contributed by atoms with Gasteiger partial charge >= 0.3 is 0 Å². The number of fused-ring (bicyclic) bond motifs is 1. The fraction of sp³-hybridized carbons (Fsp3) is 0.318. The third-order valence-corrected chi connectivity index (χ3v) is 4.31. The molecule has 0 amide bonds. The average Bonchev–Trinajstić information content (AvgIpc) is 2.65. The highest BCUT2D eigenvalue weighted by Crippen LogP contribution is 2.26. The summed E-state index contributed by atoms with van der Waals surface area (Å²) in [6.07, 6.45) is -0.614. The zero-order valence-electron chi connectivity index (χ0n) is 15.9. The molecule has 0 spiro atoms. The summed E-state index contributed by atoms with van der Waals surface area (Å²) in [6.45, 7) is 6.45. The first-order valence-corrected chi connectivity index (χ1v) is 9.13. The van der Waals surface area contributed by atoms with Crippen molar-refractivity contribution >= 4 is 11.0 Å². The highest BCUT2D eigenvalue weighted by molar-refractivity contribution is 5.83. The van der Waals surface area contributed by atoms with E-state index in [4.69, 9.17) is 9.15 Å². The van der Waals surface area contributed by atoms with Crippen LogP contribution in [-0.2, 0) is 0 Å². The minimum atomic E-state index is -0.614. The summed E-state index contributed by atoms with van der Waals surface area (Å²) in [7, 11) is 0. The second kappa shape index (κ2) is 8.37. The normalized spacial score (nSPS) is 12.5. The van der Waals surface area contributed by atoms with Crippen molar-refractivity contribution in [2.45, 2.75) is 32.9 Å². The van der Waals surface area contributed by atoms with Crippen molar-refractivity contribution in [2.24, 2.45) is 0 Å². The van der Waals surface area contributed by atoms with Crippen LogP contribution in [0.15, 0.2) is 57.7 Å². The van der Waals surface area contributed by atoms with E-state index in [1.165, 1.54) is 0 Å². The van der Waals surface area contributed by atoms with E-state index >= 15 is 0 Å². The maximum Gasteiger partial charge on any atom is 0.200 e. The van der Waals surface area contributed by atoms with Crippen LogP contribution in [0.2, 0.25) is 0 Å². The molecule has 5 heteroatoms. The molecule has 1 unspecified atom stereocenters. The van der Waals surface area contributed by atoms with E-state index in [0.29, 0.717) is 40.6 Å². The number of rotatable bonds is 7. The van der Waals surface area contributed by atoms with Gasteiger partial charge in [-0.3, -0.25) is 4.79 Å². The molecule has 1 aromatic heterocycles. The van der Waals surface area contributed by atoms with Crippen molar-refractivity contribution in [1.82, 2.24) is 5.32 Å². The maximum absolute atomic E-state index is 12.9. The summed E-state index contributed by atoms with van der Waals surface area (Å²) in [5.41, 5.74) is 1.83. The molecule has 0 saturated heterocycles. The van der Waals surface area contributed by atoms with Crippen LogP contribution in [-0.4, -0.2) is 30.4 Å². The van der Waals surface area contributed by atoms with Crippen molar-refractivity contribution < 1.29 is 14.3 Å². The lowest BCUT2D eigenvalue weighted by atomic mass is 10.0. The van der Waals surface area contributed by atoms with E-state index in [1.54, 1.807) is 25.1 Å². The summed E-state index contributed by atoms with van der Waals surface area (Å²) >= 11 is 0. The number of aliphatic hydroxyl groups excluding tert-OH is 1. The first-order valence-electron chi connectivity index (χ1n) is 9.13. The van der Waals surface area contributed by atoms with Crippen LogP contribution in [0.3, 0.4) is 0 Å². The Hall–Kier alpha value is -2.63. The molecule has 3 rings (SSSR count). The lowest BCUT2D eigenvalue weighted by Gasteiger charge is -2.15. The number of aryl methyl sites for hydroxylation is 1. The Morgan fingerprint density at radius 3 is 2.59 bits per heavy atom. The Morgan fingerprint density at radius 1 is 1.15 bits per heavy atom. The predicted octanol–water partition coefficient (Wildman–Crippen LogP) is 3.51. The SMILES string of the molecule is Cc1oc2cc(OCC(O)CNC(C)C)ccc2c(=O)c1-c1ccccc1. The molecule has 0 bridgehead atoms. The fourth-order valence-corrected chi connectivity index (χ4v) is 2.94. The molecule has 0 aliphatic rings. The van der Waals surface area contributed by atoms with Crippen LogP contribution >= 0.6 is 0 Å². The zero-order valence-corrected chi connectivity index (χ0v) is 15.9. The highest BCUT2D eigenvalue weighted by atomic mass is 16.5. The van der Waals surface area contributed by atoms with Crippen molar-refractivity contribution in [3.05, 3.63) is 64.5 Å². The molecule has 0 radical (unpaired) electrons. The third-order valence-electron chi connectivity index (χ3n) is 4.31. The van der Waals surface area contributed by atoms with Gasteiger partial charge in [-0.05, 0) is 24.6 Å². The topological polar surface area (TPSA) is 71.7 Å². The Balaban J connectivity index is 1.84. The smallest absolute Gasteiger partial charge is 0.200 e. The Bertz CT molecular complexity index is 963. The van der Waals surface area contributed by atoms with Gasteiger partial charge in [0.15, 0.2) is 0 Å². The maximum atomic E-state index is 12.9. The van der Waals surface area contributed by atoms with Gasteiger partial charge in [0.05, 0.1) is 10.9 Å². The fourth-order valence-electron chi connectivity index (χ4n) is 2.94. The number of benzene rings is 2. The molecule has 27 heavy (non-hydrogen) atoms. The number of aliphatic hydroxyl groups is 1. The van der Waals surface area contributed by atoms with Gasteiger partial charge in [-0.1, -0.05) is 44.2 Å². The van der Waals surface area contributed by atoms with Crippen LogP contribution in [0, 0.1) is 6.92 Å². The van der Waals surface area contributed by atoms with Crippen LogP contribution in [0.4, 0.5) is 0 Å². The molecule has 2 N–H and O–H groups in total. The second-order valence-electron chi connectivity index (χ2n) is 6.91. The van der Waals surface area contributed by atoms with Gasteiger partial charge in [0.2, 0.25) is 5.43 Å². The summed E-state index contributed by atoms with van der Waals surface area (Å²) in [5, 5.41) is 13.6. The van der Waals surface area contributed by atoms with Gasteiger partial charge in [0.25, 0.3) is 0 Å². The summed E-state index contributed by atoms with van der Waals surface area (Å²) in [5.74, 6) is 1.12. The van der Waals surface area contributed by atoms with E-state index < -0.39 is 6.10 Å². The lowest BCUT2D eigenvalue weighted by Crippen LogP contribution is -2.35. The minimum absolute atomic E-state index is 0.0623. The van der Waals surface area contributed by atoms with E-state index in [1.807, 2.05) is 44.2 Å². The molecule has 142 valence electrons. The Morgan fingerprint density at radius 2 is 1.89 bits per heavy atom. The molecule has 2 aromatic carbocycles. The molecular weight excluding hydrogens is 342 g/mol. The van der Waals surface area contributed by atoms with E-state index in [-0.39, 0.29) is 12.0 Å². The number of hydrogen-bond acceptors (Lipinski definition) is 5. The Labute approximate surface area is 158 Å². The van der Waals surface area contributed by atoms with E-state index in [9.17, 15) is 9.90 Å².